The van der Waals surface area contributed by atoms with E-state index in [1.807, 2.05) is 6.92 Å². The van der Waals surface area contributed by atoms with Crippen LogP contribution in [0.3, 0.4) is 0 Å². The summed E-state index contributed by atoms with van der Waals surface area (Å²) in [7, 11) is 0. The number of amides is 11. The molecular formula is C50H93N15O15. The van der Waals surface area contributed by atoms with Crippen molar-refractivity contribution in [2.75, 3.05) is 39.3 Å². The lowest BCUT2D eigenvalue weighted by Gasteiger charge is -2.32. The molecule has 30 nitrogen and oxygen atoms in total. The summed E-state index contributed by atoms with van der Waals surface area (Å²) >= 11 is 0. The van der Waals surface area contributed by atoms with Gasteiger partial charge in [0.1, 0.15) is 59.9 Å². The van der Waals surface area contributed by atoms with Gasteiger partial charge in [-0.2, -0.15) is 0 Å². The lowest BCUT2D eigenvalue weighted by molar-refractivity contribution is -0.139. The second kappa shape index (κ2) is 37.0. The maximum absolute atomic E-state index is 14.3. The van der Waals surface area contributed by atoms with Crippen molar-refractivity contribution < 1.29 is 73.2 Å². The first-order valence-electron chi connectivity index (χ1n) is 27.4. The third-order valence-corrected chi connectivity index (χ3v) is 13.0. The highest BCUT2D eigenvalue weighted by atomic mass is 16.3. The summed E-state index contributed by atoms with van der Waals surface area (Å²) in [6.07, 6.45) is -1.81. The number of nitrogens with two attached hydrogens (primary N) is 4. The van der Waals surface area contributed by atoms with Crippen LogP contribution in [-0.4, -0.2) is 203 Å². The van der Waals surface area contributed by atoms with Gasteiger partial charge >= 0.3 is 0 Å². The molecule has 1 heterocycles. The summed E-state index contributed by atoms with van der Waals surface area (Å²) in [5, 5.41) is 69.2. The Morgan fingerprint density at radius 1 is 0.613 bits per heavy atom. The van der Waals surface area contributed by atoms with Gasteiger partial charge in [-0.05, 0) is 105 Å². The highest BCUT2D eigenvalue weighted by Crippen LogP contribution is 2.14. The minimum Gasteiger partial charge on any atom is -0.394 e. The molecule has 1 rings (SSSR count). The zero-order valence-corrected chi connectivity index (χ0v) is 47.3. The summed E-state index contributed by atoms with van der Waals surface area (Å²) in [6, 6.07) is -14.8. The molecule has 80 heavy (non-hydrogen) atoms. The first kappa shape index (κ1) is 71.9. The summed E-state index contributed by atoms with van der Waals surface area (Å²) in [5.41, 5.74) is 21.5. The summed E-state index contributed by atoms with van der Waals surface area (Å²) < 4.78 is 0. The quantitative estimate of drug-likeness (QED) is 0.0340. The van der Waals surface area contributed by atoms with Crippen LogP contribution in [0.1, 0.15) is 126 Å². The van der Waals surface area contributed by atoms with Crippen LogP contribution in [0.4, 0.5) is 0 Å². The first-order valence-corrected chi connectivity index (χ1v) is 27.4. The average molecular weight is 1140 g/mol. The number of nitrogens with one attached hydrogen (secondary N) is 11. The smallest absolute Gasteiger partial charge is 0.246 e. The Morgan fingerprint density at radius 3 is 1.56 bits per heavy atom. The topological polar surface area (TPSA) is 505 Å². The number of carbonyl (C=O) groups is 11. The number of unbranched alkanes of at least 4 members (excludes halogenated alkanes) is 4. The molecule has 0 aromatic rings. The van der Waals surface area contributed by atoms with Crippen molar-refractivity contribution in [3.05, 3.63) is 0 Å². The van der Waals surface area contributed by atoms with Crippen molar-refractivity contribution in [3.8, 4) is 0 Å². The molecule has 1 aliphatic heterocycles. The van der Waals surface area contributed by atoms with Gasteiger partial charge in [0.15, 0.2) is 0 Å². The normalized spacial score (nSPS) is 24.1. The number of rotatable bonds is 27. The molecule has 30 heteroatoms. The van der Waals surface area contributed by atoms with E-state index in [-0.39, 0.29) is 70.6 Å². The van der Waals surface area contributed by atoms with Crippen LogP contribution in [0, 0.1) is 5.92 Å². The Morgan fingerprint density at radius 2 is 1.09 bits per heavy atom. The SMILES string of the molecule is CCCCCCCC(=O)NC(C)(CCN)C(=O)N[C@H](C(=O)N[C@H](CO)C(=O)N[C@H]1CCNC(=O)[C@H](C(C)O)NC(=O)[C@H](CCN)NC(=O)[C@H](CCN)NC(=O)[C@H](C(C)O)NC(=O)[C@@H](CC(C)C)NC(=O)[C@H](CCN)NC1=O)C(C)O. The molecule has 458 valence electrons. The van der Waals surface area contributed by atoms with Crippen molar-refractivity contribution in [1.29, 1.82) is 0 Å². The van der Waals surface area contributed by atoms with E-state index in [0.717, 1.165) is 39.5 Å². The van der Waals surface area contributed by atoms with Crippen molar-refractivity contribution in [3.63, 3.8) is 0 Å². The third kappa shape index (κ3) is 24.7. The van der Waals surface area contributed by atoms with Gasteiger partial charge in [0.05, 0.1) is 24.9 Å². The van der Waals surface area contributed by atoms with Crippen LogP contribution in [0.2, 0.25) is 0 Å². The molecule has 0 bridgehead atoms. The van der Waals surface area contributed by atoms with E-state index in [1.165, 1.54) is 13.8 Å². The molecular weight excluding hydrogens is 1050 g/mol. The van der Waals surface area contributed by atoms with E-state index in [4.69, 9.17) is 22.9 Å². The Hall–Kier alpha value is -6.15. The Kier molecular flexibility index (Phi) is 33.2. The Labute approximate surface area is 467 Å². The van der Waals surface area contributed by atoms with Gasteiger partial charge < -0.3 is 102 Å². The van der Waals surface area contributed by atoms with Gasteiger partial charge in [0, 0.05) is 13.0 Å². The van der Waals surface area contributed by atoms with Crippen molar-refractivity contribution in [2.24, 2.45) is 28.9 Å². The lowest BCUT2D eigenvalue weighted by Crippen LogP contribution is -2.64. The minimum absolute atomic E-state index is 0.0552. The molecule has 23 N–H and O–H groups in total. The summed E-state index contributed by atoms with van der Waals surface area (Å²) in [5.74, 6) is -11.2. The predicted octanol–water partition coefficient (Wildman–Crippen LogP) is -7.32. The second-order valence-electron chi connectivity index (χ2n) is 20.7. The van der Waals surface area contributed by atoms with Crippen molar-refractivity contribution in [1.82, 2.24) is 58.5 Å². The fraction of sp³-hybridized carbons (Fsp3) is 0.780. The van der Waals surface area contributed by atoms with Gasteiger partial charge in [-0.15, -0.1) is 0 Å². The molecule has 0 aromatic carbocycles. The molecule has 0 radical (unpaired) electrons. The van der Waals surface area contributed by atoms with Crippen LogP contribution in [0.25, 0.3) is 0 Å². The van der Waals surface area contributed by atoms with Gasteiger partial charge in [-0.1, -0.05) is 46.5 Å². The van der Waals surface area contributed by atoms with Crippen LogP contribution >= 0.6 is 0 Å². The summed E-state index contributed by atoms with van der Waals surface area (Å²) in [6.45, 7) is 8.05. The highest BCUT2D eigenvalue weighted by molar-refractivity contribution is 5.99. The Balaban J connectivity index is 3.79. The van der Waals surface area contributed by atoms with Crippen LogP contribution < -0.4 is 81.4 Å². The Bertz CT molecular complexity index is 2050. The van der Waals surface area contributed by atoms with E-state index >= 15 is 0 Å². The number of hydrogen-bond donors (Lipinski definition) is 19. The lowest BCUT2D eigenvalue weighted by atomic mass is 9.94. The fourth-order valence-corrected chi connectivity index (χ4v) is 8.34. The minimum atomic E-state index is -1.90. The molecule has 0 spiro atoms. The molecule has 1 saturated heterocycles. The van der Waals surface area contributed by atoms with Gasteiger partial charge in [0.25, 0.3) is 0 Å². The number of aliphatic hydroxyl groups excluding tert-OH is 4. The largest absolute Gasteiger partial charge is 0.394 e. The molecule has 1 aliphatic rings. The zero-order valence-electron chi connectivity index (χ0n) is 47.3. The molecule has 1 fully saturated rings. The van der Waals surface area contributed by atoms with Crippen LogP contribution in [0.15, 0.2) is 0 Å². The number of hydrogen-bond acceptors (Lipinski definition) is 19. The first-order chi connectivity index (χ1) is 37.6. The second-order valence-corrected chi connectivity index (χ2v) is 20.7. The number of aliphatic hydroxyl groups is 4. The maximum atomic E-state index is 14.3. The average Bonchev–Trinajstić information content (AvgIpc) is 3.37. The molecule has 0 saturated carbocycles. The number of carbonyl (C=O) groups excluding carboxylic acids is 11. The molecule has 13 atom stereocenters. The highest BCUT2D eigenvalue weighted by Gasteiger charge is 2.40. The van der Waals surface area contributed by atoms with Crippen molar-refractivity contribution >= 4 is 65.0 Å². The van der Waals surface area contributed by atoms with Gasteiger partial charge in [-0.25, -0.2) is 0 Å². The molecule has 0 aliphatic carbocycles. The van der Waals surface area contributed by atoms with Gasteiger partial charge in [-0.3, -0.25) is 52.7 Å². The van der Waals surface area contributed by atoms with E-state index in [2.05, 4.69) is 58.5 Å². The van der Waals surface area contributed by atoms with Crippen LogP contribution in [-0.2, 0) is 52.7 Å². The molecule has 0 aromatic heterocycles. The van der Waals surface area contributed by atoms with E-state index in [1.54, 1.807) is 13.8 Å². The standard InChI is InChI=1S/C50H93N15O15/c1-8-9-10-11-12-13-36(70)65-50(7,18-22-54)49(80)64-39(29(6)69)48(79)61-35(25-66)45(76)58-33-17-23-55-46(77)37(27(4)67)62-43(74)32(16-21-53)57-40(71)31(15-20-52)59-47(78)38(28(5)68)63-44(75)34(24-26(2)3)60-41(72)30(14-19-51)56-42(33)73/h26-35,37-39,66-69H,8-25,51-54H2,1-7H3,(H,55,77)(H,56,73)(H,57,71)(H,58,76)(H,59,78)(H,60,72)(H,61,79)(H,62,74)(H,63,75)(H,64,80)(H,65,70)/t27?,28?,29?,30-,31-,32-,33-,34+,35+,37-,38-,39-,50?/m0/s1. The van der Waals surface area contributed by atoms with Crippen molar-refractivity contribution in [2.45, 2.75) is 204 Å². The van der Waals surface area contributed by atoms with Gasteiger partial charge in [0.2, 0.25) is 65.0 Å². The zero-order chi connectivity index (χ0) is 60.9. The maximum Gasteiger partial charge on any atom is 0.246 e. The molecule has 11 amide bonds. The van der Waals surface area contributed by atoms with E-state index < -0.39 is 163 Å². The van der Waals surface area contributed by atoms with Crippen LogP contribution in [0.5, 0.6) is 0 Å². The van der Waals surface area contributed by atoms with E-state index in [0.29, 0.717) is 6.42 Å². The third-order valence-electron chi connectivity index (χ3n) is 13.0. The predicted molar refractivity (Wildman–Crippen MR) is 291 cm³/mol. The fourth-order valence-electron chi connectivity index (χ4n) is 8.34. The van der Waals surface area contributed by atoms with E-state index in [9.17, 15) is 73.2 Å². The molecule has 4 unspecified atom stereocenters. The monoisotopic (exact) mass is 1140 g/mol. The summed E-state index contributed by atoms with van der Waals surface area (Å²) in [4.78, 5) is 151.